The van der Waals surface area contributed by atoms with Crippen LogP contribution in [0.1, 0.15) is 18.2 Å². The van der Waals surface area contributed by atoms with E-state index in [1.165, 1.54) is 42.6 Å². The van der Waals surface area contributed by atoms with Gasteiger partial charge in [-0.15, -0.1) is 10.2 Å². The molecule has 3 rings (SSSR count). The van der Waals surface area contributed by atoms with Crippen LogP contribution in [-0.2, 0) is 0 Å². The highest BCUT2D eigenvalue weighted by Crippen LogP contribution is 2.38. The van der Waals surface area contributed by atoms with Crippen LogP contribution in [0.2, 0.25) is 0 Å². The summed E-state index contributed by atoms with van der Waals surface area (Å²) in [7, 11) is 0. The van der Waals surface area contributed by atoms with Gasteiger partial charge in [0.25, 0.3) is 5.69 Å². The van der Waals surface area contributed by atoms with Crippen LogP contribution in [-0.4, -0.2) is 39.0 Å². The molecule has 5 N–H and O–H groups in total. The van der Waals surface area contributed by atoms with Gasteiger partial charge in [-0.05, 0) is 35.4 Å². The van der Waals surface area contributed by atoms with Gasteiger partial charge < -0.3 is 21.3 Å². The smallest absolute Gasteiger partial charge is 0.271 e. The fourth-order valence-electron chi connectivity index (χ4n) is 2.39. The zero-order valence-electron chi connectivity index (χ0n) is 16.6. The number of nitro benzene ring substituents is 1. The van der Waals surface area contributed by atoms with Crippen LogP contribution in [0.3, 0.4) is 0 Å². The highest BCUT2D eigenvalue weighted by Gasteiger charge is 2.12. The third-order valence-corrected chi connectivity index (χ3v) is 3.82. The lowest BCUT2D eigenvalue weighted by Gasteiger charge is -2.08. The molecule has 0 atom stereocenters. The number of phenols is 1. The Morgan fingerprint density at radius 3 is 2.81 bits per heavy atom. The second-order valence-electron chi connectivity index (χ2n) is 6.02. The fourth-order valence-corrected chi connectivity index (χ4v) is 2.39. The van der Waals surface area contributed by atoms with E-state index in [0.717, 1.165) is 0 Å². The van der Waals surface area contributed by atoms with Gasteiger partial charge in [0.2, 0.25) is 0 Å². The van der Waals surface area contributed by atoms with E-state index in [1.807, 2.05) is 0 Å². The molecule has 164 valence electrons. The summed E-state index contributed by atoms with van der Waals surface area (Å²) in [6.07, 6.45) is 1.32. The molecule has 0 spiro atoms. The largest absolute Gasteiger partial charge is 0.503 e. The molecule has 2 aromatic carbocycles. The third-order valence-electron chi connectivity index (χ3n) is 3.82. The molecule has 14 heteroatoms. The molecule has 1 aromatic heterocycles. The van der Waals surface area contributed by atoms with E-state index in [4.69, 9.17) is 16.2 Å². The average Bonchev–Trinajstić information content (AvgIpc) is 3.21. The number of nitro groups is 1. The number of nitrogen functional groups attached to an aromatic ring is 1. The minimum Gasteiger partial charge on any atom is -0.503 e. The van der Waals surface area contributed by atoms with Crippen molar-refractivity contribution in [1.29, 1.82) is 0 Å². The molecule has 0 saturated carbocycles. The Morgan fingerprint density at radius 1 is 1.31 bits per heavy atom. The standard InChI is InChI=1S/C18H17N9O5/c1-2-31-14-7-10(9-21-24-17(19)15-18(20)26-32-25-15)6-13(16(14)28)23-22-11-4-3-5-12(8-11)27(29)30/h3-9,28H,2H2,1H3,(H2,19,24)(H2,20,26). The molecular weight excluding hydrogens is 422 g/mol. The van der Waals surface area contributed by atoms with E-state index in [9.17, 15) is 15.2 Å². The predicted molar refractivity (Wildman–Crippen MR) is 114 cm³/mol. The minimum absolute atomic E-state index is 0.0337. The van der Waals surface area contributed by atoms with E-state index in [0.29, 0.717) is 5.56 Å². The summed E-state index contributed by atoms with van der Waals surface area (Å²) in [6.45, 7) is 2.02. The lowest BCUT2D eigenvalue weighted by atomic mass is 10.2. The van der Waals surface area contributed by atoms with Crippen LogP contribution in [0, 0.1) is 10.1 Å². The van der Waals surface area contributed by atoms with Crippen LogP contribution < -0.4 is 16.2 Å². The van der Waals surface area contributed by atoms with Crippen molar-refractivity contribution in [3.8, 4) is 11.5 Å². The predicted octanol–water partition coefficient (Wildman–Crippen LogP) is 2.82. The van der Waals surface area contributed by atoms with Gasteiger partial charge in [0.1, 0.15) is 5.69 Å². The fraction of sp³-hybridized carbons (Fsp3) is 0.111. The van der Waals surface area contributed by atoms with Gasteiger partial charge in [0, 0.05) is 17.7 Å². The summed E-state index contributed by atoms with van der Waals surface area (Å²) in [5, 5.41) is 43.8. The zero-order chi connectivity index (χ0) is 23.1. The van der Waals surface area contributed by atoms with Gasteiger partial charge >= 0.3 is 0 Å². The Hall–Kier alpha value is -4.88. The number of aromatic nitrogens is 2. The Kier molecular flexibility index (Phi) is 6.65. The Morgan fingerprint density at radius 2 is 2.12 bits per heavy atom. The summed E-state index contributed by atoms with van der Waals surface area (Å²) in [5.41, 5.74) is 11.9. The van der Waals surface area contributed by atoms with Crippen molar-refractivity contribution in [3.05, 3.63) is 57.8 Å². The first-order valence-electron chi connectivity index (χ1n) is 9.00. The maximum atomic E-state index is 10.9. The van der Waals surface area contributed by atoms with Crippen LogP contribution in [0.4, 0.5) is 22.9 Å². The maximum Gasteiger partial charge on any atom is 0.271 e. The summed E-state index contributed by atoms with van der Waals surface area (Å²) < 4.78 is 9.86. The lowest BCUT2D eigenvalue weighted by Crippen LogP contribution is -2.15. The van der Waals surface area contributed by atoms with E-state index >= 15 is 0 Å². The van der Waals surface area contributed by atoms with Gasteiger partial charge in [-0.1, -0.05) is 6.07 Å². The number of benzene rings is 2. The molecule has 0 aliphatic carbocycles. The number of azo groups is 1. The molecule has 0 fully saturated rings. The number of hydrogen-bond donors (Lipinski definition) is 3. The Balaban J connectivity index is 1.91. The van der Waals surface area contributed by atoms with Gasteiger partial charge in [0.15, 0.2) is 28.8 Å². The van der Waals surface area contributed by atoms with Gasteiger partial charge in [-0.25, -0.2) is 4.63 Å². The molecule has 0 aliphatic rings. The molecular formula is C18H17N9O5. The van der Waals surface area contributed by atoms with E-state index in [-0.39, 0.29) is 52.5 Å². The Bertz CT molecular complexity index is 1220. The SMILES string of the molecule is CCOc1cc(C=N/N=C(\N)c2nonc2N)cc(N=Nc2cccc([N+](=O)[O-])c2)c1O. The summed E-state index contributed by atoms with van der Waals surface area (Å²) in [5.74, 6) is -0.281. The van der Waals surface area contributed by atoms with E-state index in [1.54, 1.807) is 6.92 Å². The quantitative estimate of drug-likeness (QED) is 0.154. The molecule has 0 aliphatic heterocycles. The van der Waals surface area contributed by atoms with Crippen molar-refractivity contribution in [2.75, 3.05) is 12.3 Å². The van der Waals surface area contributed by atoms with Crippen LogP contribution >= 0.6 is 0 Å². The highest BCUT2D eigenvalue weighted by molar-refractivity contribution is 5.99. The van der Waals surface area contributed by atoms with Gasteiger partial charge in [0.05, 0.1) is 23.4 Å². The molecule has 14 nitrogen and oxygen atoms in total. The monoisotopic (exact) mass is 439 g/mol. The summed E-state index contributed by atoms with van der Waals surface area (Å²) >= 11 is 0. The number of nitrogens with two attached hydrogens (primary N) is 2. The van der Waals surface area contributed by atoms with Crippen LogP contribution in [0.15, 0.2) is 61.5 Å². The first-order valence-corrected chi connectivity index (χ1v) is 9.00. The topological polar surface area (TPSA) is 213 Å². The van der Waals surface area contributed by atoms with E-state index in [2.05, 4.69) is 35.4 Å². The molecule has 0 saturated heterocycles. The molecule has 0 bridgehead atoms. The number of aromatic hydroxyl groups is 1. The number of rotatable bonds is 8. The average molecular weight is 439 g/mol. The number of amidine groups is 1. The summed E-state index contributed by atoms with van der Waals surface area (Å²) in [4.78, 5) is 10.4. The van der Waals surface area contributed by atoms with Crippen molar-refractivity contribution in [1.82, 2.24) is 10.3 Å². The van der Waals surface area contributed by atoms with Crippen molar-refractivity contribution in [2.24, 2.45) is 26.2 Å². The first-order chi connectivity index (χ1) is 15.4. The molecule has 3 aromatic rings. The molecule has 1 heterocycles. The normalized spacial score (nSPS) is 12.0. The number of nitrogens with zero attached hydrogens (tertiary/aromatic N) is 7. The zero-order valence-corrected chi connectivity index (χ0v) is 16.6. The van der Waals surface area contributed by atoms with Crippen molar-refractivity contribution >= 4 is 34.9 Å². The van der Waals surface area contributed by atoms with Crippen LogP contribution in [0.5, 0.6) is 11.5 Å². The molecule has 0 amide bonds. The minimum atomic E-state index is -0.546. The third kappa shape index (κ3) is 5.18. The second-order valence-corrected chi connectivity index (χ2v) is 6.02. The first kappa shape index (κ1) is 21.8. The molecule has 0 unspecified atom stereocenters. The maximum absolute atomic E-state index is 10.9. The Labute approximate surface area is 180 Å². The lowest BCUT2D eigenvalue weighted by molar-refractivity contribution is -0.384. The van der Waals surface area contributed by atoms with Gasteiger partial charge in [-0.2, -0.15) is 10.2 Å². The highest BCUT2D eigenvalue weighted by atomic mass is 16.6. The number of non-ortho nitro benzene ring substituents is 1. The number of hydrogen-bond acceptors (Lipinski definition) is 12. The number of ether oxygens (including phenoxy) is 1. The summed E-state index contributed by atoms with van der Waals surface area (Å²) in [6, 6.07) is 8.55. The van der Waals surface area contributed by atoms with E-state index < -0.39 is 4.92 Å². The van der Waals surface area contributed by atoms with Crippen molar-refractivity contribution in [2.45, 2.75) is 6.92 Å². The molecule has 0 radical (unpaired) electrons. The number of anilines is 1. The molecule has 32 heavy (non-hydrogen) atoms. The number of phenolic OH excluding ortho intramolecular Hbond substituents is 1. The van der Waals surface area contributed by atoms with Gasteiger partial charge in [-0.3, -0.25) is 10.1 Å². The van der Waals surface area contributed by atoms with Crippen molar-refractivity contribution < 1.29 is 19.4 Å². The second kappa shape index (κ2) is 9.75. The van der Waals surface area contributed by atoms with Crippen molar-refractivity contribution in [3.63, 3.8) is 0 Å². The van der Waals surface area contributed by atoms with Crippen LogP contribution in [0.25, 0.3) is 0 Å².